The van der Waals surface area contributed by atoms with Crippen molar-refractivity contribution >= 4 is 92.6 Å². The van der Waals surface area contributed by atoms with Gasteiger partial charge in [0, 0.05) is 22.8 Å². The van der Waals surface area contributed by atoms with Gasteiger partial charge in [-0.05, 0) is 36.5 Å². The summed E-state index contributed by atoms with van der Waals surface area (Å²) >= 11 is 34.8. The van der Waals surface area contributed by atoms with Gasteiger partial charge in [0.1, 0.15) is 6.17 Å². The number of carbonyl (C=O) groups excluding carboxylic acids is 1. The molecule has 154 valence electrons. The lowest BCUT2D eigenvalue weighted by molar-refractivity contribution is -0.384. The summed E-state index contributed by atoms with van der Waals surface area (Å²) in [5.41, 5.74) is 0.294. The molecule has 2 rings (SSSR count). The third kappa shape index (κ3) is 7.02. The Morgan fingerprint density at radius 2 is 1.79 bits per heavy atom. The van der Waals surface area contributed by atoms with Crippen molar-refractivity contribution < 1.29 is 9.72 Å². The van der Waals surface area contributed by atoms with Crippen molar-refractivity contribution in [2.24, 2.45) is 0 Å². The predicted octanol–water partition coefficient (Wildman–Crippen LogP) is 5.31. The Labute approximate surface area is 195 Å². The van der Waals surface area contributed by atoms with Crippen LogP contribution in [0.4, 0.5) is 11.4 Å². The monoisotopic (exact) mass is 514 g/mol. The molecule has 0 saturated heterocycles. The van der Waals surface area contributed by atoms with Crippen molar-refractivity contribution in [1.82, 2.24) is 10.6 Å². The van der Waals surface area contributed by atoms with E-state index in [-0.39, 0.29) is 21.4 Å². The second kappa shape index (κ2) is 9.97. The number of nitro benzene ring substituents is 1. The fourth-order valence-electron chi connectivity index (χ4n) is 2.08. The van der Waals surface area contributed by atoms with Gasteiger partial charge < -0.3 is 16.0 Å². The zero-order valence-electron chi connectivity index (χ0n) is 14.1. The van der Waals surface area contributed by atoms with E-state index in [0.29, 0.717) is 10.7 Å². The maximum absolute atomic E-state index is 12.5. The molecule has 0 heterocycles. The highest BCUT2D eigenvalue weighted by Gasteiger charge is 2.35. The number of thiocarbonyl (C=S) groups is 1. The van der Waals surface area contributed by atoms with Crippen LogP contribution < -0.4 is 16.0 Å². The topological polar surface area (TPSA) is 96.3 Å². The van der Waals surface area contributed by atoms with Gasteiger partial charge >= 0.3 is 0 Å². The molecule has 1 amide bonds. The van der Waals surface area contributed by atoms with Crippen LogP contribution in [0, 0.1) is 10.1 Å². The minimum atomic E-state index is -2.00. The summed E-state index contributed by atoms with van der Waals surface area (Å²) in [7, 11) is 0. The van der Waals surface area contributed by atoms with Gasteiger partial charge in [0.15, 0.2) is 5.11 Å². The molecule has 2 aromatic rings. The van der Waals surface area contributed by atoms with Crippen LogP contribution >= 0.6 is 70.2 Å². The third-order valence-electron chi connectivity index (χ3n) is 3.37. The Hall–Kier alpha value is -1.55. The number of nitrogens with one attached hydrogen (secondary N) is 3. The van der Waals surface area contributed by atoms with Crippen LogP contribution in [-0.2, 0) is 0 Å². The summed E-state index contributed by atoms with van der Waals surface area (Å²) in [6.45, 7) is 0. The zero-order valence-corrected chi connectivity index (χ0v) is 18.7. The van der Waals surface area contributed by atoms with E-state index in [1.54, 1.807) is 6.07 Å². The molecule has 13 heteroatoms. The first kappa shape index (κ1) is 23.7. The van der Waals surface area contributed by atoms with Crippen molar-refractivity contribution in [2.75, 3.05) is 5.32 Å². The van der Waals surface area contributed by atoms with Gasteiger partial charge in [0.05, 0.1) is 15.5 Å². The minimum Gasteiger partial charge on any atom is -0.339 e. The van der Waals surface area contributed by atoms with Crippen LogP contribution in [0.15, 0.2) is 42.5 Å². The maximum Gasteiger partial charge on any atom is 0.271 e. The highest BCUT2D eigenvalue weighted by molar-refractivity contribution is 7.80. The Morgan fingerprint density at radius 3 is 2.38 bits per heavy atom. The molecule has 0 spiro atoms. The molecule has 0 fully saturated rings. The van der Waals surface area contributed by atoms with E-state index in [1.807, 2.05) is 0 Å². The summed E-state index contributed by atoms with van der Waals surface area (Å²) < 4.78 is -2.00. The summed E-state index contributed by atoms with van der Waals surface area (Å²) in [6.07, 6.45) is -1.26. The van der Waals surface area contributed by atoms with Gasteiger partial charge in [-0.2, -0.15) is 0 Å². The molecule has 1 atom stereocenters. The van der Waals surface area contributed by atoms with Crippen molar-refractivity contribution in [2.45, 2.75) is 9.96 Å². The minimum absolute atomic E-state index is 0.0515. The number of nitro groups is 1. The average Bonchev–Trinajstić information content (AvgIpc) is 2.60. The highest BCUT2D eigenvalue weighted by atomic mass is 35.6. The summed E-state index contributed by atoms with van der Waals surface area (Å²) in [5.74, 6) is -0.645. The van der Waals surface area contributed by atoms with Crippen molar-refractivity contribution in [3.05, 3.63) is 68.2 Å². The molecule has 1 unspecified atom stereocenters. The molecule has 29 heavy (non-hydrogen) atoms. The van der Waals surface area contributed by atoms with E-state index in [9.17, 15) is 14.9 Å². The van der Waals surface area contributed by atoms with Gasteiger partial charge in [-0.15, -0.1) is 0 Å². The lowest BCUT2D eigenvalue weighted by atomic mass is 10.2. The van der Waals surface area contributed by atoms with Crippen LogP contribution in [0.3, 0.4) is 0 Å². The number of alkyl halides is 3. The number of nitrogens with zero attached hydrogens (tertiary/aromatic N) is 1. The van der Waals surface area contributed by atoms with Gasteiger partial charge in [-0.25, -0.2) is 0 Å². The van der Waals surface area contributed by atoms with E-state index in [0.717, 1.165) is 0 Å². The lowest BCUT2D eigenvalue weighted by Crippen LogP contribution is -2.56. The molecule has 0 bridgehead atoms. The first-order chi connectivity index (χ1) is 13.5. The SMILES string of the molecule is O=C(NC(NC(=S)Nc1cccc([N+](=O)[O-])c1)C(Cl)(Cl)Cl)c1ccc(Cl)cc1Cl. The number of non-ortho nitro benzene ring substituents is 1. The molecular weight excluding hydrogens is 506 g/mol. The molecule has 2 aromatic carbocycles. The van der Waals surface area contributed by atoms with Crippen molar-refractivity contribution in [3.8, 4) is 0 Å². The second-order valence-electron chi connectivity index (χ2n) is 5.48. The largest absolute Gasteiger partial charge is 0.339 e. The number of hydrogen-bond acceptors (Lipinski definition) is 4. The molecule has 0 aliphatic heterocycles. The molecule has 7 nitrogen and oxygen atoms in total. The van der Waals surface area contributed by atoms with Crippen LogP contribution in [0.1, 0.15) is 10.4 Å². The molecule has 0 aliphatic rings. The maximum atomic E-state index is 12.5. The van der Waals surface area contributed by atoms with E-state index in [2.05, 4.69) is 16.0 Å². The molecule has 0 radical (unpaired) electrons. The van der Waals surface area contributed by atoms with Crippen molar-refractivity contribution in [1.29, 1.82) is 0 Å². The number of benzene rings is 2. The molecule has 0 aromatic heterocycles. The van der Waals surface area contributed by atoms with E-state index in [1.165, 1.54) is 36.4 Å². The standard InChI is InChI=1S/C16H11Cl5N4O3S/c17-8-4-5-11(12(18)6-8)13(26)23-14(16(19,20)21)24-15(29)22-9-2-1-3-10(7-9)25(27)28/h1-7,14H,(H,23,26)(H2,22,24,29). The summed E-state index contributed by atoms with van der Waals surface area (Å²) in [4.78, 5) is 22.8. The molecule has 0 saturated carbocycles. The number of halogens is 5. The number of rotatable bonds is 5. The quantitative estimate of drug-likeness (QED) is 0.164. The molecule has 3 N–H and O–H groups in total. The van der Waals surface area contributed by atoms with Crippen LogP contribution in [0.2, 0.25) is 10.0 Å². The third-order valence-corrected chi connectivity index (χ3v) is 4.79. The Balaban J connectivity index is 2.12. The van der Waals surface area contributed by atoms with Crippen LogP contribution in [-0.4, -0.2) is 25.9 Å². The van der Waals surface area contributed by atoms with E-state index >= 15 is 0 Å². The number of carbonyl (C=O) groups is 1. The van der Waals surface area contributed by atoms with Gasteiger partial charge in [-0.3, -0.25) is 14.9 Å². The van der Waals surface area contributed by atoms with Gasteiger partial charge in [-0.1, -0.05) is 64.1 Å². The molecular formula is C16H11Cl5N4O3S. The van der Waals surface area contributed by atoms with Crippen LogP contribution in [0.25, 0.3) is 0 Å². The Kier molecular flexibility index (Phi) is 8.16. The number of hydrogen-bond donors (Lipinski definition) is 3. The smallest absolute Gasteiger partial charge is 0.271 e. The average molecular weight is 517 g/mol. The van der Waals surface area contributed by atoms with Gasteiger partial charge in [0.2, 0.25) is 3.79 Å². The second-order valence-corrected chi connectivity index (χ2v) is 9.10. The number of amides is 1. The lowest BCUT2D eigenvalue weighted by Gasteiger charge is -2.28. The van der Waals surface area contributed by atoms with Crippen LogP contribution in [0.5, 0.6) is 0 Å². The fourth-order valence-corrected chi connectivity index (χ4v) is 3.14. The Bertz CT molecular complexity index is 954. The normalized spacial score (nSPS) is 12.0. The first-order valence-corrected chi connectivity index (χ1v) is 9.92. The van der Waals surface area contributed by atoms with Gasteiger partial charge in [0.25, 0.3) is 11.6 Å². The fraction of sp³-hybridized carbons (Fsp3) is 0.125. The van der Waals surface area contributed by atoms with Crippen molar-refractivity contribution in [3.63, 3.8) is 0 Å². The highest BCUT2D eigenvalue weighted by Crippen LogP contribution is 2.30. The first-order valence-electron chi connectivity index (χ1n) is 7.62. The predicted molar refractivity (Wildman–Crippen MR) is 120 cm³/mol. The molecule has 0 aliphatic carbocycles. The van der Waals surface area contributed by atoms with E-state index in [4.69, 9.17) is 70.2 Å². The summed E-state index contributed by atoms with van der Waals surface area (Å²) in [6, 6.07) is 9.90. The van der Waals surface area contributed by atoms with E-state index < -0.39 is 20.8 Å². The number of anilines is 1. The summed E-state index contributed by atoms with van der Waals surface area (Å²) in [5, 5.41) is 19.1. The Morgan fingerprint density at radius 1 is 1.10 bits per heavy atom. The zero-order chi connectivity index (χ0) is 21.8.